The number of anilines is 2. The Morgan fingerprint density at radius 1 is 1.38 bits per heavy atom. The number of hydrogen-bond acceptors (Lipinski definition) is 5. The van der Waals surface area contributed by atoms with Crippen LogP contribution in [0.5, 0.6) is 0 Å². The van der Waals surface area contributed by atoms with Gasteiger partial charge in [-0.15, -0.1) is 0 Å². The van der Waals surface area contributed by atoms with Crippen molar-refractivity contribution in [3.8, 4) is 0 Å². The molecule has 0 aliphatic heterocycles. The molecule has 9 heteroatoms. The average Bonchev–Trinajstić information content (AvgIpc) is 2.42. The van der Waals surface area contributed by atoms with E-state index in [2.05, 4.69) is 26.2 Å². The van der Waals surface area contributed by atoms with Crippen molar-refractivity contribution in [2.24, 2.45) is 0 Å². The van der Waals surface area contributed by atoms with E-state index in [9.17, 15) is 19.3 Å². The van der Waals surface area contributed by atoms with E-state index in [0.717, 1.165) is 18.2 Å². The lowest BCUT2D eigenvalue weighted by atomic mass is 10.2. The van der Waals surface area contributed by atoms with Gasteiger partial charge in [-0.3, -0.25) is 10.1 Å². The number of benzene rings is 1. The van der Waals surface area contributed by atoms with E-state index >= 15 is 0 Å². The third-order valence-corrected chi connectivity index (χ3v) is 2.96. The van der Waals surface area contributed by atoms with Crippen LogP contribution in [0.2, 0.25) is 0 Å². The van der Waals surface area contributed by atoms with Gasteiger partial charge in [0.15, 0.2) is 5.69 Å². The smallest absolute Gasteiger partial charge is 0.354 e. The van der Waals surface area contributed by atoms with Gasteiger partial charge in [0.2, 0.25) is 5.82 Å². The van der Waals surface area contributed by atoms with Crippen LogP contribution in [-0.2, 0) is 0 Å². The van der Waals surface area contributed by atoms with Gasteiger partial charge in [0.1, 0.15) is 5.82 Å². The van der Waals surface area contributed by atoms with Crippen LogP contribution in [0.1, 0.15) is 10.5 Å². The van der Waals surface area contributed by atoms with Crippen LogP contribution < -0.4 is 5.32 Å². The molecule has 1 heterocycles. The first kappa shape index (κ1) is 14.9. The maximum Gasteiger partial charge on any atom is 0.354 e. The molecule has 1 aromatic heterocycles. The number of aromatic carboxylic acids is 1. The Hall–Kier alpha value is -2.55. The van der Waals surface area contributed by atoms with Gasteiger partial charge in [-0.05, 0) is 24.3 Å². The molecule has 21 heavy (non-hydrogen) atoms. The van der Waals surface area contributed by atoms with Gasteiger partial charge in [0.25, 0.3) is 0 Å². The number of nitrogens with one attached hydrogen (secondary N) is 1. The van der Waals surface area contributed by atoms with Crippen LogP contribution in [0.25, 0.3) is 0 Å². The molecule has 1 aromatic carbocycles. The van der Waals surface area contributed by atoms with Crippen molar-refractivity contribution >= 4 is 39.1 Å². The average molecular weight is 356 g/mol. The molecular formula is C12H7BrFN3O4. The first-order valence-electron chi connectivity index (χ1n) is 5.49. The van der Waals surface area contributed by atoms with Gasteiger partial charge in [0.05, 0.1) is 10.6 Å². The highest BCUT2D eigenvalue weighted by atomic mass is 79.9. The summed E-state index contributed by atoms with van der Waals surface area (Å²) in [6.45, 7) is 0. The van der Waals surface area contributed by atoms with E-state index in [0.29, 0.717) is 4.47 Å². The molecular weight excluding hydrogens is 349 g/mol. The van der Waals surface area contributed by atoms with Crippen LogP contribution in [0, 0.1) is 15.9 Å². The Morgan fingerprint density at radius 2 is 2.10 bits per heavy atom. The van der Waals surface area contributed by atoms with Crippen LogP contribution in [0.15, 0.2) is 34.8 Å². The normalized spacial score (nSPS) is 10.2. The van der Waals surface area contributed by atoms with Gasteiger partial charge < -0.3 is 10.4 Å². The van der Waals surface area contributed by atoms with Gasteiger partial charge >= 0.3 is 11.7 Å². The zero-order chi connectivity index (χ0) is 15.6. The predicted octanol–water partition coefficient (Wildman–Crippen LogP) is 3.33. The zero-order valence-electron chi connectivity index (χ0n) is 10.2. The summed E-state index contributed by atoms with van der Waals surface area (Å²) in [5, 5.41) is 22.2. The summed E-state index contributed by atoms with van der Waals surface area (Å²) in [6.07, 6.45) is 0. The zero-order valence-corrected chi connectivity index (χ0v) is 11.8. The molecule has 0 fully saturated rings. The third-order valence-electron chi connectivity index (χ3n) is 2.47. The number of nitrogens with zero attached hydrogens (tertiary/aromatic N) is 2. The minimum Gasteiger partial charge on any atom is -0.477 e. The van der Waals surface area contributed by atoms with Gasteiger partial charge in [-0.25, -0.2) is 14.2 Å². The fourth-order valence-electron chi connectivity index (χ4n) is 1.53. The number of rotatable bonds is 4. The fourth-order valence-corrected chi connectivity index (χ4v) is 1.89. The first-order valence-corrected chi connectivity index (χ1v) is 6.28. The van der Waals surface area contributed by atoms with Crippen LogP contribution in [-0.4, -0.2) is 21.0 Å². The summed E-state index contributed by atoms with van der Waals surface area (Å²) in [5.74, 6) is -2.35. The van der Waals surface area contributed by atoms with E-state index < -0.39 is 28.1 Å². The third kappa shape index (κ3) is 3.31. The highest BCUT2D eigenvalue weighted by molar-refractivity contribution is 9.10. The monoisotopic (exact) mass is 355 g/mol. The Labute approximate surface area is 125 Å². The van der Waals surface area contributed by atoms with Crippen molar-refractivity contribution in [2.75, 3.05) is 5.32 Å². The number of aromatic nitrogens is 1. The van der Waals surface area contributed by atoms with E-state index in [1.54, 1.807) is 0 Å². The van der Waals surface area contributed by atoms with Crippen LogP contribution in [0.3, 0.4) is 0 Å². The molecule has 0 spiro atoms. The number of hydrogen-bond donors (Lipinski definition) is 2. The van der Waals surface area contributed by atoms with Crippen molar-refractivity contribution in [2.45, 2.75) is 0 Å². The Balaban J connectivity index is 2.50. The van der Waals surface area contributed by atoms with E-state index in [1.807, 2.05) is 0 Å². The molecule has 0 aliphatic carbocycles. The second-order valence-electron chi connectivity index (χ2n) is 3.88. The fraction of sp³-hybridized carbons (Fsp3) is 0. The number of carboxylic acids is 1. The largest absolute Gasteiger partial charge is 0.477 e. The summed E-state index contributed by atoms with van der Waals surface area (Å²) >= 11 is 3.14. The van der Waals surface area contributed by atoms with Gasteiger partial charge in [-0.2, -0.15) is 0 Å². The molecule has 0 amide bonds. The van der Waals surface area contributed by atoms with E-state index in [-0.39, 0.29) is 11.5 Å². The standard InChI is InChI=1S/C12H7BrFN3O4/c13-6-1-2-7(14)9(5-6)16-11-10(17(20)21)4-3-8(15-11)12(18)19/h1-5H,(H,15,16)(H,18,19). The van der Waals surface area contributed by atoms with Crippen LogP contribution in [0.4, 0.5) is 21.6 Å². The summed E-state index contributed by atoms with van der Waals surface area (Å²) in [6, 6.07) is 5.96. The highest BCUT2D eigenvalue weighted by Crippen LogP contribution is 2.28. The van der Waals surface area contributed by atoms with Crippen molar-refractivity contribution in [3.05, 3.63) is 56.4 Å². The molecule has 7 nitrogen and oxygen atoms in total. The minimum absolute atomic E-state index is 0.0671. The molecule has 0 saturated carbocycles. The Kier molecular flexibility index (Phi) is 4.13. The molecule has 0 atom stereocenters. The number of nitro groups is 1. The molecule has 0 radical (unpaired) electrons. The lowest BCUT2D eigenvalue weighted by Crippen LogP contribution is -2.06. The second-order valence-corrected chi connectivity index (χ2v) is 4.79. The number of halogens is 2. The summed E-state index contributed by atoms with van der Waals surface area (Å²) < 4.78 is 14.2. The molecule has 2 N–H and O–H groups in total. The molecule has 0 unspecified atom stereocenters. The number of carboxylic acid groups (broad SMARTS) is 1. The van der Waals surface area contributed by atoms with Crippen molar-refractivity contribution in [3.63, 3.8) is 0 Å². The Bertz CT molecular complexity index is 738. The van der Waals surface area contributed by atoms with E-state index in [4.69, 9.17) is 5.11 Å². The molecule has 0 saturated heterocycles. The quantitative estimate of drug-likeness (QED) is 0.643. The summed E-state index contributed by atoms with van der Waals surface area (Å²) in [5.41, 5.74) is -0.916. The molecule has 2 aromatic rings. The Morgan fingerprint density at radius 3 is 2.71 bits per heavy atom. The van der Waals surface area contributed by atoms with Crippen molar-refractivity contribution < 1.29 is 19.2 Å². The van der Waals surface area contributed by atoms with Gasteiger partial charge in [0, 0.05) is 10.5 Å². The van der Waals surface area contributed by atoms with Crippen molar-refractivity contribution in [1.82, 2.24) is 4.98 Å². The first-order chi connectivity index (χ1) is 9.88. The molecule has 2 rings (SSSR count). The molecule has 0 aliphatic rings. The molecule has 0 bridgehead atoms. The van der Waals surface area contributed by atoms with Crippen LogP contribution >= 0.6 is 15.9 Å². The SMILES string of the molecule is O=C(O)c1ccc([N+](=O)[O-])c(Nc2cc(Br)ccc2F)n1. The minimum atomic E-state index is -1.34. The van der Waals surface area contributed by atoms with E-state index in [1.165, 1.54) is 12.1 Å². The second kappa shape index (κ2) is 5.83. The number of pyridine rings is 1. The highest BCUT2D eigenvalue weighted by Gasteiger charge is 2.19. The van der Waals surface area contributed by atoms with Gasteiger partial charge in [-0.1, -0.05) is 15.9 Å². The predicted molar refractivity (Wildman–Crippen MR) is 75.2 cm³/mol. The number of carbonyl (C=O) groups is 1. The molecule has 108 valence electrons. The summed E-state index contributed by atoms with van der Waals surface area (Å²) in [4.78, 5) is 24.7. The van der Waals surface area contributed by atoms with Crippen molar-refractivity contribution in [1.29, 1.82) is 0 Å². The maximum absolute atomic E-state index is 13.6. The topological polar surface area (TPSA) is 105 Å². The maximum atomic E-state index is 13.6. The lowest BCUT2D eigenvalue weighted by Gasteiger charge is -2.08. The summed E-state index contributed by atoms with van der Waals surface area (Å²) in [7, 11) is 0. The lowest BCUT2D eigenvalue weighted by molar-refractivity contribution is -0.384.